The number of pyridine rings is 1. The number of nitrogens with one attached hydrogen (secondary N) is 1. The number of halogens is 1. The fourth-order valence-corrected chi connectivity index (χ4v) is 4.44. The molecular weight excluding hydrogens is 346 g/mol. The molecule has 1 saturated heterocycles. The van der Waals surface area contributed by atoms with Gasteiger partial charge in [0, 0.05) is 31.5 Å². The second-order valence-electron chi connectivity index (χ2n) is 5.83. The Bertz CT molecular complexity index is 788. The van der Waals surface area contributed by atoms with Crippen LogP contribution in [0.15, 0.2) is 47.5 Å². The second kappa shape index (κ2) is 7.51. The molecule has 2 heterocycles. The average Bonchev–Trinajstić information content (AvgIpc) is 2.61. The van der Waals surface area contributed by atoms with E-state index in [1.54, 1.807) is 28.7 Å². The third-order valence-electron chi connectivity index (χ3n) is 4.10. The van der Waals surface area contributed by atoms with Crippen molar-refractivity contribution in [2.45, 2.75) is 30.7 Å². The van der Waals surface area contributed by atoms with Crippen LogP contribution in [-0.4, -0.2) is 30.8 Å². The number of aromatic nitrogens is 1. The number of hydrogen-bond donors (Lipinski definition) is 1. The summed E-state index contributed by atoms with van der Waals surface area (Å²) in [4.78, 5) is 4.29. The lowest BCUT2D eigenvalue weighted by Gasteiger charge is -2.25. The van der Waals surface area contributed by atoms with Gasteiger partial charge in [-0.25, -0.2) is 13.4 Å². The molecule has 0 unspecified atom stereocenters. The van der Waals surface area contributed by atoms with Crippen molar-refractivity contribution in [1.82, 2.24) is 9.29 Å². The highest BCUT2D eigenvalue weighted by molar-refractivity contribution is 7.89. The Labute approximate surface area is 147 Å². The lowest BCUT2D eigenvalue weighted by Crippen LogP contribution is -2.35. The van der Waals surface area contributed by atoms with Crippen LogP contribution in [0.5, 0.6) is 0 Å². The van der Waals surface area contributed by atoms with Crippen LogP contribution in [0.4, 0.5) is 5.69 Å². The molecule has 128 valence electrons. The minimum absolute atomic E-state index is 0.361. The van der Waals surface area contributed by atoms with Gasteiger partial charge >= 0.3 is 0 Å². The van der Waals surface area contributed by atoms with Crippen molar-refractivity contribution in [3.63, 3.8) is 0 Å². The predicted octanol–water partition coefficient (Wildman–Crippen LogP) is 3.52. The van der Waals surface area contributed by atoms with E-state index in [0.717, 1.165) is 30.5 Å². The lowest BCUT2D eigenvalue weighted by atomic mass is 10.2. The maximum atomic E-state index is 12.6. The Kier molecular flexibility index (Phi) is 5.38. The van der Waals surface area contributed by atoms with Gasteiger partial charge in [0.15, 0.2) is 0 Å². The van der Waals surface area contributed by atoms with Gasteiger partial charge in [0.05, 0.1) is 4.90 Å². The first kappa shape index (κ1) is 17.2. The number of nitrogens with zero attached hydrogens (tertiary/aromatic N) is 2. The largest absolute Gasteiger partial charge is 0.381 e. The summed E-state index contributed by atoms with van der Waals surface area (Å²) >= 11 is 5.85. The summed E-state index contributed by atoms with van der Waals surface area (Å²) in [6.07, 6.45) is 4.63. The molecular formula is C17H20ClN3O2S. The molecule has 5 nitrogen and oxygen atoms in total. The van der Waals surface area contributed by atoms with E-state index in [4.69, 9.17) is 11.6 Å². The van der Waals surface area contributed by atoms with Crippen molar-refractivity contribution in [2.75, 3.05) is 18.4 Å². The van der Waals surface area contributed by atoms with Crippen LogP contribution >= 0.6 is 11.6 Å². The fraction of sp³-hybridized carbons (Fsp3) is 0.353. The maximum Gasteiger partial charge on any atom is 0.243 e. The third kappa shape index (κ3) is 4.06. The number of anilines is 1. The van der Waals surface area contributed by atoms with Gasteiger partial charge in [0.2, 0.25) is 10.0 Å². The number of piperidine rings is 1. The van der Waals surface area contributed by atoms with Crippen LogP contribution < -0.4 is 5.32 Å². The average molecular weight is 366 g/mol. The maximum absolute atomic E-state index is 12.6. The number of hydrogen-bond acceptors (Lipinski definition) is 4. The van der Waals surface area contributed by atoms with Gasteiger partial charge in [0.1, 0.15) is 5.15 Å². The molecule has 1 aliphatic rings. The Hall–Kier alpha value is -1.63. The van der Waals surface area contributed by atoms with E-state index in [2.05, 4.69) is 10.3 Å². The topological polar surface area (TPSA) is 62.3 Å². The zero-order chi connectivity index (χ0) is 17.0. The molecule has 0 amide bonds. The van der Waals surface area contributed by atoms with Crippen molar-refractivity contribution in [3.05, 3.63) is 53.3 Å². The molecule has 0 atom stereocenters. The van der Waals surface area contributed by atoms with Crippen LogP contribution in [0.3, 0.4) is 0 Å². The minimum Gasteiger partial charge on any atom is -0.381 e. The molecule has 0 bridgehead atoms. The Morgan fingerprint density at radius 2 is 1.79 bits per heavy atom. The first-order valence-electron chi connectivity index (χ1n) is 8.00. The Morgan fingerprint density at radius 3 is 2.46 bits per heavy atom. The Morgan fingerprint density at radius 1 is 1.08 bits per heavy atom. The van der Waals surface area contributed by atoms with Gasteiger partial charge < -0.3 is 5.32 Å². The highest BCUT2D eigenvalue weighted by Gasteiger charge is 2.25. The normalized spacial score (nSPS) is 16.0. The van der Waals surface area contributed by atoms with Gasteiger partial charge in [-0.1, -0.05) is 30.2 Å². The van der Waals surface area contributed by atoms with Crippen LogP contribution in [0, 0.1) is 0 Å². The van der Waals surface area contributed by atoms with Crippen molar-refractivity contribution >= 4 is 27.3 Å². The van der Waals surface area contributed by atoms with Crippen molar-refractivity contribution < 1.29 is 8.42 Å². The molecule has 1 N–H and O–H groups in total. The lowest BCUT2D eigenvalue weighted by molar-refractivity contribution is 0.346. The number of sulfonamides is 1. The molecule has 1 aromatic carbocycles. The first-order valence-corrected chi connectivity index (χ1v) is 9.82. The van der Waals surface area contributed by atoms with Crippen molar-refractivity contribution in [3.8, 4) is 0 Å². The van der Waals surface area contributed by atoms with E-state index < -0.39 is 10.0 Å². The standard InChI is InChI=1S/C17H20ClN3O2S/c18-17-12-15(8-9-19-17)20-13-14-4-6-16(7-5-14)24(22,23)21-10-2-1-3-11-21/h4-9,12H,1-3,10-11,13H2,(H,19,20). The molecule has 0 aliphatic carbocycles. The summed E-state index contributed by atoms with van der Waals surface area (Å²) in [7, 11) is -3.36. The van der Waals surface area contributed by atoms with E-state index >= 15 is 0 Å². The summed E-state index contributed by atoms with van der Waals surface area (Å²) in [6, 6.07) is 10.6. The molecule has 0 radical (unpaired) electrons. The van der Waals surface area contributed by atoms with Gasteiger partial charge in [-0.3, -0.25) is 0 Å². The summed E-state index contributed by atoms with van der Waals surface area (Å²) in [5.74, 6) is 0. The molecule has 0 saturated carbocycles. The highest BCUT2D eigenvalue weighted by atomic mass is 35.5. The Balaban J connectivity index is 1.66. The summed E-state index contributed by atoms with van der Waals surface area (Å²) in [5, 5.41) is 3.67. The summed E-state index contributed by atoms with van der Waals surface area (Å²) in [5.41, 5.74) is 1.88. The number of rotatable bonds is 5. The summed E-state index contributed by atoms with van der Waals surface area (Å²) < 4.78 is 26.8. The molecule has 24 heavy (non-hydrogen) atoms. The highest BCUT2D eigenvalue weighted by Crippen LogP contribution is 2.21. The van der Waals surface area contributed by atoms with E-state index in [1.807, 2.05) is 18.2 Å². The molecule has 2 aromatic rings. The van der Waals surface area contributed by atoms with E-state index in [0.29, 0.717) is 29.7 Å². The van der Waals surface area contributed by atoms with Crippen LogP contribution in [0.1, 0.15) is 24.8 Å². The van der Waals surface area contributed by atoms with Gasteiger partial charge in [-0.15, -0.1) is 0 Å². The van der Waals surface area contributed by atoms with Gasteiger partial charge in [0.25, 0.3) is 0 Å². The zero-order valence-electron chi connectivity index (χ0n) is 13.3. The number of benzene rings is 1. The van der Waals surface area contributed by atoms with Crippen LogP contribution in [-0.2, 0) is 16.6 Å². The molecule has 3 rings (SSSR count). The van der Waals surface area contributed by atoms with Crippen LogP contribution in [0.25, 0.3) is 0 Å². The van der Waals surface area contributed by atoms with E-state index in [-0.39, 0.29) is 0 Å². The van der Waals surface area contributed by atoms with Crippen LogP contribution in [0.2, 0.25) is 5.15 Å². The van der Waals surface area contributed by atoms with Gasteiger partial charge in [-0.05, 0) is 42.7 Å². The van der Waals surface area contributed by atoms with Gasteiger partial charge in [-0.2, -0.15) is 4.31 Å². The smallest absolute Gasteiger partial charge is 0.243 e. The molecule has 0 spiro atoms. The fourth-order valence-electron chi connectivity index (χ4n) is 2.75. The molecule has 1 aromatic heterocycles. The zero-order valence-corrected chi connectivity index (χ0v) is 14.9. The second-order valence-corrected chi connectivity index (χ2v) is 8.15. The van der Waals surface area contributed by atoms with Crippen molar-refractivity contribution in [1.29, 1.82) is 0 Å². The molecule has 1 fully saturated rings. The van der Waals surface area contributed by atoms with E-state index in [1.165, 1.54) is 0 Å². The first-order chi connectivity index (χ1) is 11.6. The minimum atomic E-state index is -3.36. The predicted molar refractivity (Wildman–Crippen MR) is 95.6 cm³/mol. The van der Waals surface area contributed by atoms with E-state index in [9.17, 15) is 8.42 Å². The summed E-state index contributed by atoms with van der Waals surface area (Å²) in [6.45, 7) is 1.83. The molecule has 1 aliphatic heterocycles. The SMILES string of the molecule is O=S(=O)(c1ccc(CNc2ccnc(Cl)c2)cc1)N1CCCCC1. The van der Waals surface area contributed by atoms with Crippen molar-refractivity contribution in [2.24, 2.45) is 0 Å². The monoisotopic (exact) mass is 365 g/mol. The molecule has 7 heteroatoms. The third-order valence-corrected chi connectivity index (χ3v) is 6.22. The quantitative estimate of drug-likeness (QED) is 0.823.